The molecule has 0 spiro atoms. The molecule has 2 atom stereocenters. The lowest BCUT2D eigenvalue weighted by Gasteiger charge is -2.36. The molecule has 0 radical (unpaired) electrons. The van der Waals surface area contributed by atoms with E-state index in [0.717, 1.165) is 37.0 Å². The molecule has 0 bridgehead atoms. The number of carbonyl (C=O) groups is 1. The second kappa shape index (κ2) is 12.1. The lowest BCUT2D eigenvalue weighted by Crippen LogP contribution is -2.28. The largest absolute Gasteiger partial charge is 0.483 e. The second-order valence-electron chi connectivity index (χ2n) is 11.3. The number of anilines is 1. The minimum absolute atomic E-state index is 0.153. The molecule has 4 rings (SSSR count). The van der Waals surface area contributed by atoms with Crippen LogP contribution in [0.15, 0.2) is 29.4 Å². The van der Waals surface area contributed by atoms with Crippen LogP contribution < -0.4 is 10.1 Å². The van der Waals surface area contributed by atoms with Crippen molar-refractivity contribution in [2.45, 2.75) is 84.4 Å². The van der Waals surface area contributed by atoms with Crippen molar-refractivity contribution in [1.82, 2.24) is 14.8 Å². The first-order valence-electron chi connectivity index (χ1n) is 13.7. The normalized spacial score (nSPS) is 16.0. The summed E-state index contributed by atoms with van der Waals surface area (Å²) in [6.45, 7) is 13.2. The molecule has 3 aromatic rings. The molecule has 1 aliphatic carbocycles. The van der Waals surface area contributed by atoms with Crippen molar-refractivity contribution in [2.24, 2.45) is 18.4 Å². The molecule has 0 saturated heterocycles. The van der Waals surface area contributed by atoms with Crippen LogP contribution in [0, 0.1) is 22.7 Å². The van der Waals surface area contributed by atoms with Crippen LogP contribution >= 0.6 is 23.1 Å². The number of thiophene rings is 1. The van der Waals surface area contributed by atoms with E-state index >= 15 is 0 Å². The van der Waals surface area contributed by atoms with Gasteiger partial charge in [0.2, 0.25) is 5.91 Å². The zero-order chi connectivity index (χ0) is 28.3. The molecular formula is C30H39N5O2S2. The molecule has 2 unspecified atom stereocenters. The van der Waals surface area contributed by atoms with Crippen LogP contribution in [0.4, 0.5) is 5.00 Å². The number of amides is 1. The highest BCUT2D eigenvalue weighted by molar-refractivity contribution is 7.99. The van der Waals surface area contributed by atoms with Crippen molar-refractivity contribution in [1.29, 1.82) is 5.26 Å². The van der Waals surface area contributed by atoms with Crippen LogP contribution in [-0.2, 0) is 24.7 Å². The lowest BCUT2D eigenvalue weighted by molar-refractivity contribution is -0.113. The fourth-order valence-corrected chi connectivity index (χ4v) is 7.05. The lowest BCUT2D eigenvalue weighted by atomic mass is 9.69. The van der Waals surface area contributed by atoms with Gasteiger partial charge >= 0.3 is 0 Å². The molecule has 1 aliphatic rings. The number of nitriles is 1. The molecule has 0 saturated carbocycles. The van der Waals surface area contributed by atoms with Crippen molar-refractivity contribution in [3.8, 4) is 11.8 Å². The van der Waals surface area contributed by atoms with E-state index in [2.05, 4.69) is 68.3 Å². The van der Waals surface area contributed by atoms with Crippen LogP contribution in [0.3, 0.4) is 0 Å². The van der Waals surface area contributed by atoms with Crippen LogP contribution in [0.1, 0.15) is 93.8 Å². The van der Waals surface area contributed by atoms with Gasteiger partial charge in [-0.3, -0.25) is 4.79 Å². The number of thioether (sulfide) groups is 1. The SMILES string of the molecule is CCC(C)(C)C1CCc2c(sc(NC(=O)CSc3nnc(C(C)Oc4ccc(C(C)C)cc4)n3C)c2C#N)C1. The number of carbonyl (C=O) groups excluding carboxylic acids is 1. The minimum atomic E-state index is -0.298. The predicted octanol–water partition coefficient (Wildman–Crippen LogP) is 7.28. The first kappa shape index (κ1) is 29.2. The summed E-state index contributed by atoms with van der Waals surface area (Å²) in [5.41, 5.74) is 3.29. The smallest absolute Gasteiger partial charge is 0.235 e. The highest BCUT2D eigenvalue weighted by atomic mass is 32.2. The highest BCUT2D eigenvalue weighted by Crippen LogP contribution is 2.45. The first-order chi connectivity index (χ1) is 18.5. The molecule has 208 valence electrons. The van der Waals surface area contributed by atoms with E-state index in [0.29, 0.717) is 33.4 Å². The average molecular weight is 566 g/mol. The Morgan fingerprint density at radius 3 is 2.64 bits per heavy atom. The molecule has 1 N–H and O–H groups in total. The maximum atomic E-state index is 12.9. The van der Waals surface area contributed by atoms with Gasteiger partial charge in [-0.1, -0.05) is 64.9 Å². The Kier molecular flexibility index (Phi) is 9.07. The number of nitrogens with one attached hydrogen (secondary N) is 1. The Bertz CT molecular complexity index is 1350. The maximum absolute atomic E-state index is 12.9. The number of benzene rings is 1. The summed E-state index contributed by atoms with van der Waals surface area (Å²) in [5, 5.41) is 22.8. The Morgan fingerprint density at radius 2 is 2.00 bits per heavy atom. The zero-order valence-corrected chi connectivity index (χ0v) is 25.6. The third-order valence-electron chi connectivity index (χ3n) is 8.07. The Morgan fingerprint density at radius 1 is 1.28 bits per heavy atom. The van der Waals surface area contributed by atoms with E-state index in [1.54, 1.807) is 11.3 Å². The van der Waals surface area contributed by atoms with E-state index < -0.39 is 0 Å². The van der Waals surface area contributed by atoms with E-state index in [1.807, 2.05) is 30.7 Å². The summed E-state index contributed by atoms with van der Waals surface area (Å²) in [6, 6.07) is 10.5. The molecule has 1 amide bonds. The minimum Gasteiger partial charge on any atom is -0.483 e. The monoisotopic (exact) mass is 565 g/mol. The molecule has 1 aromatic carbocycles. The first-order valence-corrected chi connectivity index (χ1v) is 15.5. The summed E-state index contributed by atoms with van der Waals surface area (Å²) in [4.78, 5) is 14.1. The summed E-state index contributed by atoms with van der Waals surface area (Å²) >= 11 is 2.89. The Labute approximate surface area is 240 Å². The van der Waals surface area contributed by atoms with Crippen LogP contribution in [0.25, 0.3) is 0 Å². The van der Waals surface area contributed by atoms with Gasteiger partial charge in [-0.25, -0.2) is 0 Å². The van der Waals surface area contributed by atoms with Crippen LogP contribution in [0.5, 0.6) is 5.75 Å². The molecule has 2 heterocycles. The molecule has 9 heteroatoms. The third-order valence-corrected chi connectivity index (χ3v) is 10.3. The van der Waals surface area contributed by atoms with Gasteiger partial charge in [0.05, 0.1) is 11.3 Å². The average Bonchev–Trinajstić information content (AvgIpc) is 3.46. The molecule has 0 aliphatic heterocycles. The number of hydrogen-bond donors (Lipinski definition) is 1. The van der Waals surface area contributed by atoms with Gasteiger partial charge < -0.3 is 14.6 Å². The summed E-state index contributed by atoms with van der Waals surface area (Å²) < 4.78 is 7.96. The molecule has 0 fully saturated rings. The maximum Gasteiger partial charge on any atom is 0.235 e. The van der Waals surface area contributed by atoms with Crippen LogP contribution in [0.2, 0.25) is 0 Å². The van der Waals surface area contributed by atoms with Crippen LogP contribution in [-0.4, -0.2) is 26.4 Å². The van der Waals surface area contributed by atoms with Gasteiger partial charge in [-0.05, 0) is 66.7 Å². The molecule has 39 heavy (non-hydrogen) atoms. The summed E-state index contributed by atoms with van der Waals surface area (Å²) in [5.74, 6) is 2.55. The molecule has 2 aromatic heterocycles. The molecular weight excluding hydrogens is 526 g/mol. The van der Waals surface area contributed by atoms with Gasteiger partial charge in [0.15, 0.2) is 17.1 Å². The summed E-state index contributed by atoms with van der Waals surface area (Å²) in [7, 11) is 1.88. The fraction of sp³-hybridized carbons (Fsp3) is 0.533. The topological polar surface area (TPSA) is 92.8 Å². The van der Waals surface area contributed by atoms with Gasteiger partial charge in [-0.15, -0.1) is 21.5 Å². The van der Waals surface area contributed by atoms with Gasteiger partial charge in [0, 0.05) is 11.9 Å². The van der Waals surface area contributed by atoms with Gasteiger partial charge in [0.1, 0.15) is 16.8 Å². The van der Waals surface area contributed by atoms with Crippen molar-refractivity contribution < 1.29 is 9.53 Å². The van der Waals surface area contributed by atoms with E-state index in [-0.39, 0.29) is 23.2 Å². The van der Waals surface area contributed by atoms with Gasteiger partial charge in [-0.2, -0.15) is 5.26 Å². The van der Waals surface area contributed by atoms with Crippen molar-refractivity contribution >= 4 is 34.0 Å². The standard InChI is InChI=1S/C30H39N5O2S2/c1-8-30(5,6)21-11-14-23-24(16-31)28(39-25(23)15-21)32-26(36)17-38-29-34-33-27(35(29)7)19(4)37-22-12-9-20(10-13-22)18(2)3/h9-10,12-13,18-19,21H,8,11,14-15,17H2,1-7H3,(H,32,36). The number of hydrogen-bond acceptors (Lipinski definition) is 7. The number of nitrogens with zero attached hydrogens (tertiary/aromatic N) is 4. The quantitative estimate of drug-likeness (QED) is 0.260. The second-order valence-corrected chi connectivity index (χ2v) is 13.4. The van der Waals surface area contributed by atoms with E-state index in [9.17, 15) is 10.1 Å². The number of ether oxygens (including phenoxy) is 1. The third kappa shape index (κ3) is 6.50. The van der Waals surface area contributed by atoms with Gasteiger partial charge in [0.25, 0.3) is 0 Å². The van der Waals surface area contributed by atoms with Crippen molar-refractivity contribution in [3.63, 3.8) is 0 Å². The van der Waals surface area contributed by atoms with Crippen molar-refractivity contribution in [2.75, 3.05) is 11.1 Å². The molecule has 7 nitrogen and oxygen atoms in total. The Hall–Kier alpha value is -2.83. The predicted molar refractivity (Wildman–Crippen MR) is 159 cm³/mol. The zero-order valence-electron chi connectivity index (χ0n) is 24.0. The Balaban J connectivity index is 1.36. The summed E-state index contributed by atoms with van der Waals surface area (Å²) in [6.07, 6.45) is 3.79. The number of aromatic nitrogens is 3. The number of rotatable bonds is 10. The number of fused-ring (bicyclic) bond motifs is 1. The van der Waals surface area contributed by atoms with E-state index in [1.165, 1.54) is 22.2 Å². The van der Waals surface area contributed by atoms with E-state index in [4.69, 9.17) is 4.74 Å². The van der Waals surface area contributed by atoms with Crippen molar-refractivity contribution in [3.05, 3.63) is 51.7 Å². The fourth-order valence-electron chi connectivity index (χ4n) is 5.03. The highest BCUT2D eigenvalue weighted by Gasteiger charge is 2.34.